The maximum Gasteiger partial charge on any atom is 0.417 e. The molecule has 1 aromatic carbocycles. The number of alkyl halides is 3. The van der Waals surface area contributed by atoms with Crippen molar-refractivity contribution < 1.29 is 27.5 Å². The summed E-state index contributed by atoms with van der Waals surface area (Å²) < 4.78 is 44.9. The fourth-order valence-electron chi connectivity index (χ4n) is 3.77. The van der Waals surface area contributed by atoms with E-state index in [9.17, 15) is 22.8 Å². The average Bonchev–Trinajstić information content (AvgIpc) is 2.75. The van der Waals surface area contributed by atoms with Crippen LogP contribution in [0, 0.1) is 0 Å². The van der Waals surface area contributed by atoms with Crippen LogP contribution < -0.4 is 10.2 Å². The van der Waals surface area contributed by atoms with Gasteiger partial charge in [-0.25, -0.2) is 9.78 Å². The number of rotatable bonds is 3. The molecule has 196 valence electrons. The standard InChI is InChI=1S/C24H27BrClF3N4O3/c1-13-12-33(22(35)36-23(3,4)5)14(2)11-32(13)20-7-6-15(10-30-20)21(34)31-19-8-16(24(27,28)29)17(25)9-18(19)26/h6-10,13-14H,11-12H2,1-5H3,(H,31,34)/t13-,14+/m1/s1. The first kappa shape index (κ1) is 28.0. The maximum atomic E-state index is 13.2. The van der Waals surface area contributed by atoms with Crippen molar-refractivity contribution in [1.82, 2.24) is 9.88 Å². The number of amides is 2. The first-order chi connectivity index (χ1) is 16.6. The minimum Gasteiger partial charge on any atom is -0.444 e. The predicted octanol–water partition coefficient (Wildman–Crippen LogP) is 6.60. The number of aromatic nitrogens is 1. The van der Waals surface area contributed by atoms with Crippen molar-refractivity contribution in [3.05, 3.63) is 51.1 Å². The van der Waals surface area contributed by atoms with Crippen molar-refractivity contribution >= 4 is 51.0 Å². The highest BCUT2D eigenvalue weighted by Gasteiger charge is 2.36. The molecule has 7 nitrogen and oxygen atoms in total. The van der Waals surface area contributed by atoms with Crippen LogP contribution in [0.1, 0.15) is 50.5 Å². The van der Waals surface area contributed by atoms with E-state index in [1.807, 2.05) is 39.5 Å². The van der Waals surface area contributed by atoms with Crippen LogP contribution in [0.4, 0.5) is 29.5 Å². The Labute approximate surface area is 221 Å². The Morgan fingerprint density at radius 3 is 2.36 bits per heavy atom. The number of halogens is 5. The summed E-state index contributed by atoms with van der Waals surface area (Å²) >= 11 is 8.88. The molecule has 2 atom stereocenters. The van der Waals surface area contributed by atoms with E-state index >= 15 is 0 Å². The Bertz CT molecular complexity index is 1140. The number of anilines is 2. The van der Waals surface area contributed by atoms with Crippen molar-refractivity contribution in [2.75, 3.05) is 23.3 Å². The van der Waals surface area contributed by atoms with E-state index in [4.69, 9.17) is 16.3 Å². The molecule has 36 heavy (non-hydrogen) atoms. The van der Waals surface area contributed by atoms with Crippen molar-refractivity contribution in [2.45, 2.75) is 58.5 Å². The number of nitrogens with zero attached hydrogens (tertiary/aromatic N) is 3. The number of pyridine rings is 1. The van der Waals surface area contributed by atoms with Crippen LogP contribution >= 0.6 is 27.5 Å². The molecule has 12 heteroatoms. The van der Waals surface area contributed by atoms with Gasteiger partial charge in [-0.3, -0.25) is 4.79 Å². The molecular formula is C24H27BrClF3N4O3. The number of hydrogen-bond acceptors (Lipinski definition) is 5. The van der Waals surface area contributed by atoms with E-state index in [-0.39, 0.29) is 38.9 Å². The second-order valence-electron chi connectivity index (χ2n) is 9.65. The van der Waals surface area contributed by atoms with E-state index in [0.717, 1.165) is 12.1 Å². The normalized spacial score (nSPS) is 18.7. The summed E-state index contributed by atoms with van der Waals surface area (Å²) in [7, 11) is 0. The van der Waals surface area contributed by atoms with Crippen LogP contribution in [0.25, 0.3) is 0 Å². The Kier molecular flexibility index (Phi) is 8.14. The van der Waals surface area contributed by atoms with Crippen molar-refractivity contribution in [3.63, 3.8) is 0 Å². The van der Waals surface area contributed by atoms with Crippen molar-refractivity contribution in [1.29, 1.82) is 0 Å². The SMILES string of the molecule is C[C@@H]1CN(C(=O)OC(C)(C)C)[C@@H](C)CN1c1ccc(C(=O)Nc2cc(C(F)(F)F)c(Br)cc2Cl)cn1. The number of benzene rings is 1. The first-order valence-electron chi connectivity index (χ1n) is 11.2. The molecule has 1 fully saturated rings. The molecular weight excluding hydrogens is 565 g/mol. The van der Waals surface area contributed by atoms with Crippen LogP contribution in [-0.4, -0.2) is 52.7 Å². The highest BCUT2D eigenvalue weighted by Crippen LogP contribution is 2.39. The van der Waals surface area contributed by atoms with Gasteiger partial charge in [0.1, 0.15) is 11.4 Å². The van der Waals surface area contributed by atoms with Gasteiger partial charge in [0.25, 0.3) is 5.91 Å². The average molecular weight is 592 g/mol. The molecule has 0 radical (unpaired) electrons. The lowest BCUT2D eigenvalue weighted by Crippen LogP contribution is -2.59. The summed E-state index contributed by atoms with van der Waals surface area (Å²) in [6.07, 6.45) is -3.64. The van der Waals surface area contributed by atoms with Gasteiger partial charge in [-0.2, -0.15) is 13.2 Å². The van der Waals surface area contributed by atoms with Gasteiger partial charge in [-0.15, -0.1) is 0 Å². The van der Waals surface area contributed by atoms with Gasteiger partial charge in [-0.05, 0) is 58.9 Å². The summed E-state index contributed by atoms with van der Waals surface area (Å²) in [6.45, 7) is 10.3. The summed E-state index contributed by atoms with van der Waals surface area (Å²) in [5.74, 6) is -0.0432. The summed E-state index contributed by atoms with van der Waals surface area (Å²) in [6, 6.07) is 4.85. The van der Waals surface area contributed by atoms with E-state index in [1.165, 1.54) is 12.3 Å². The topological polar surface area (TPSA) is 74.8 Å². The van der Waals surface area contributed by atoms with Gasteiger partial charge in [-0.1, -0.05) is 27.5 Å². The number of hydrogen-bond donors (Lipinski definition) is 1. The molecule has 1 N–H and O–H groups in total. The molecule has 0 aliphatic carbocycles. The Morgan fingerprint density at radius 2 is 1.81 bits per heavy atom. The maximum absolute atomic E-state index is 13.2. The lowest BCUT2D eigenvalue weighted by molar-refractivity contribution is -0.138. The zero-order valence-corrected chi connectivity index (χ0v) is 22.8. The molecule has 0 saturated carbocycles. The van der Waals surface area contributed by atoms with Gasteiger partial charge in [0.15, 0.2) is 0 Å². The number of carbonyl (C=O) groups is 2. The predicted molar refractivity (Wildman–Crippen MR) is 136 cm³/mol. The van der Waals surface area contributed by atoms with Gasteiger partial charge in [0, 0.05) is 35.8 Å². The summed E-state index contributed by atoms with van der Waals surface area (Å²) in [5.41, 5.74) is -1.56. The third kappa shape index (κ3) is 6.61. The number of nitrogens with one attached hydrogen (secondary N) is 1. The molecule has 1 aromatic heterocycles. The number of piperazine rings is 1. The Balaban J connectivity index is 1.71. The molecule has 1 saturated heterocycles. The fraction of sp³-hybridized carbons (Fsp3) is 0.458. The molecule has 0 bridgehead atoms. The molecule has 2 amide bonds. The van der Waals surface area contributed by atoms with Crippen LogP contribution in [-0.2, 0) is 10.9 Å². The van der Waals surface area contributed by atoms with Crippen LogP contribution in [0.5, 0.6) is 0 Å². The summed E-state index contributed by atoms with van der Waals surface area (Å²) in [5, 5.41) is 2.37. The van der Waals surface area contributed by atoms with Gasteiger partial charge >= 0.3 is 12.3 Å². The zero-order valence-electron chi connectivity index (χ0n) is 20.4. The monoisotopic (exact) mass is 590 g/mol. The van der Waals surface area contributed by atoms with Crippen LogP contribution in [0.3, 0.4) is 0 Å². The van der Waals surface area contributed by atoms with Gasteiger partial charge in [0.05, 0.1) is 21.8 Å². The van der Waals surface area contributed by atoms with E-state index in [1.54, 1.807) is 11.0 Å². The quantitative estimate of drug-likeness (QED) is 0.435. The lowest BCUT2D eigenvalue weighted by Gasteiger charge is -2.44. The number of ether oxygens (including phenoxy) is 1. The zero-order chi connectivity index (χ0) is 27.0. The molecule has 2 heterocycles. The molecule has 0 unspecified atom stereocenters. The van der Waals surface area contributed by atoms with Crippen molar-refractivity contribution in [2.24, 2.45) is 0 Å². The van der Waals surface area contributed by atoms with Crippen LogP contribution in [0.15, 0.2) is 34.9 Å². The minimum absolute atomic E-state index is 0.0431. The van der Waals surface area contributed by atoms with Gasteiger partial charge < -0.3 is 19.9 Å². The highest BCUT2D eigenvalue weighted by molar-refractivity contribution is 9.10. The highest BCUT2D eigenvalue weighted by atomic mass is 79.9. The molecule has 0 spiro atoms. The Morgan fingerprint density at radius 1 is 1.14 bits per heavy atom. The second kappa shape index (κ2) is 10.5. The third-order valence-electron chi connectivity index (χ3n) is 5.53. The van der Waals surface area contributed by atoms with Crippen LogP contribution in [0.2, 0.25) is 5.02 Å². The van der Waals surface area contributed by atoms with Gasteiger partial charge in [0.2, 0.25) is 0 Å². The van der Waals surface area contributed by atoms with Crippen molar-refractivity contribution in [3.8, 4) is 0 Å². The fourth-order valence-corrected chi connectivity index (χ4v) is 4.68. The first-order valence-corrected chi connectivity index (χ1v) is 12.3. The molecule has 2 aromatic rings. The lowest BCUT2D eigenvalue weighted by atomic mass is 10.1. The smallest absolute Gasteiger partial charge is 0.417 e. The Hall–Kier alpha value is -2.53. The number of carbonyl (C=O) groups excluding carboxylic acids is 2. The summed E-state index contributed by atoms with van der Waals surface area (Å²) in [4.78, 5) is 33.3. The molecule has 1 aliphatic rings. The third-order valence-corrected chi connectivity index (χ3v) is 6.50. The van der Waals surface area contributed by atoms with E-state index in [2.05, 4.69) is 26.2 Å². The minimum atomic E-state index is -4.62. The van der Waals surface area contributed by atoms with E-state index < -0.39 is 23.2 Å². The van der Waals surface area contributed by atoms with E-state index in [0.29, 0.717) is 18.9 Å². The molecule has 3 rings (SSSR count). The molecule has 1 aliphatic heterocycles. The second-order valence-corrected chi connectivity index (χ2v) is 10.9. The largest absolute Gasteiger partial charge is 0.444 e.